The number of rotatable bonds is 8. The number of nitrogens with zero attached hydrogens (tertiary/aromatic N) is 3. The van der Waals surface area contributed by atoms with E-state index >= 15 is 0 Å². The van der Waals surface area contributed by atoms with Gasteiger partial charge in [0.15, 0.2) is 5.75 Å². The molecular weight excluding hydrogens is 519 g/mol. The van der Waals surface area contributed by atoms with Crippen LogP contribution in [0.5, 0.6) is 11.5 Å². The van der Waals surface area contributed by atoms with Crippen LogP contribution < -0.4 is 14.4 Å². The van der Waals surface area contributed by atoms with Crippen molar-refractivity contribution in [2.45, 2.75) is 75.6 Å². The van der Waals surface area contributed by atoms with Gasteiger partial charge in [-0.2, -0.15) is 0 Å². The van der Waals surface area contributed by atoms with Crippen molar-refractivity contribution in [1.29, 1.82) is 0 Å². The highest BCUT2D eigenvalue weighted by atomic mass is 19.4. The number of aromatic nitrogens is 2. The molecule has 2 aliphatic heterocycles. The van der Waals surface area contributed by atoms with Gasteiger partial charge in [0.25, 0.3) is 0 Å². The third-order valence-electron chi connectivity index (χ3n) is 7.48. The van der Waals surface area contributed by atoms with Crippen LogP contribution in [0, 0.1) is 0 Å². The van der Waals surface area contributed by atoms with Gasteiger partial charge in [0.2, 0.25) is 0 Å². The Morgan fingerprint density at radius 1 is 1.08 bits per heavy atom. The van der Waals surface area contributed by atoms with E-state index in [1.165, 1.54) is 24.4 Å². The molecule has 4 heterocycles. The molecular formula is C27H26F3N3O6. The highest BCUT2D eigenvalue weighted by Crippen LogP contribution is 2.46. The number of hydrogen-bond acceptors (Lipinski definition) is 8. The molecule has 9 nitrogen and oxygen atoms in total. The van der Waals surface area contributed by atoms with Crippen molar-refractivity contribution in [3.63, 3.8) is 0 Å². The highest BCUT2D eigenvalue weighted by Gasteiger charge is 2.42. The van der Waals surface area contributed by atoms with E-state index in [2.05, 4.69) is 24.5 Å². The maximum absolute atomic E-state index is 13.0. The number of pyridine rings is 1. The molecule has 3 atom stereocenters. The summed E-state index contributed by atoms with van der Waals surface area (Å²) in [5, 5.41) is 12.9. The second kappa shape index (κ2) is 10.1. The molecule has 1 aromatic carbocycles. The summed E-state index contributed by atoms with van der Waals surface area (Å²) in [6.07, 6.45) is 0.491. The van der Waals surface area contributed by atoms with Crippen molar-refractivity contribution in [3.05, 3.63) is 53.9 Å². The van der Waals surface area contributed by atoms with E-state index in [-0.39, 0.29) is 47.8 Å². The molecule has 0 amide bonds. The van der Waals surface area contributed by atoms with Crippen LogP contribution in [0.4, 0.5) is 23.8 Å². The van der Waals surface area contributed by atoms with Gasteiger partial charge in [0.05, 0.1) is 18.9 Å². The Labute approximate surface area is 221 Å². The lowest BCUT2D eigenvalue weighted by Crippen LogP contribution is -2.46. The summed E-state index contributed by atoms with van der Waals surface area (Å²) in [5.41, 5.74) is 1.19. The third-order valence-corrected chi connectivity index (χ3v) is 7.48. The maximum atomic E-state index is 13.0. The number of anilines is 1. The quantitative estimate of drug-likeness (QED) is 0.327. The van der Waals surface area contributed by atoms with Crippen molar-refractivity contribution in [1.82, 2.24) is 10.1 Å². The van der Waals surface area contributed by atoms with Crippen LogP contribution in [0.15, 0.2) is 47.1 Å². The zero-order valence-electron chi connectivity index (χ0n) is 20.8. The van der Waals surface area contributed by atoms with Gasteiger partial charge in [0.1, 0.15) is 23.0 Å². The zero-order chi connectivity index (χ0) is 27.1. The van der Waals surface area contributed by atoms with E-state index in [1.54, 1.807) is 18.2 Å². The molecule has 3 aliphatic rings. The fraction of sp³-hybridized carbons (Fsp3) is 0.444. The molecule has 1 aliphatic carbocycles. The Morgan fingerprint density at radius 2 is 1.82 bits per heavy atom. The molecule has 206 valence electrons. The summed E-state index contributed by atoms with van der Waals surface area (Å²) in [6.45, 7) is 0.175. The van der Waals surface area contributed by atoms with Crippen LogP contribution in [-0.2, 0) is 11.3 Å². The second-order valence-corrected chi connectivity index (χ2v) is 10.1. The average molecular weight is 546 g/mol. The van der Waals surface area contributed by atoms with Gasteiger partial charge < -0.3 is 28.7 Å². The van der Waals surface area contributed by atoms with Crippen LogP contribution in [0.3, 0.4) is 0 Å². The number of carboxylic acid groups (broad SMARTS) is 1. The number of ether oxygens (including phenoxy) is 3. The lowest BCUT2D eigenvalue weighted by molar-refractivity contribution is -0.274. The van der Waals surface area contributed by atoms with Crippen molar-refractivity contribution in [2.24, 2.45) is 0 Å². The Bertz CT molecular complexity index is 1330. The number of piperidine rings is 1. The van der Waals surface area contributed by atoms with Crippen molar-refractivity contribution in [3.8, 4) is 22.8 Å². The van der Waals surface area contributed by atoms with Crippen molar-refractivity contribution < 1.29 is 41.8 Å². The van der Waals surface area contributed by atoms with E-state index < -0.39 is 12.5 Å². The van der Waals surface area contributed by atoms with Gasteiger partial charge in [-0.1, -0.05) is 17.3 Å². The molecule has 3 aromatic rings. The lowest BCUT2D eigenvalue weighted by Gasteiger charge is -2.39. The summed E-state index contributed by atoms with van der Waals surface area (Å²) in [7, 11) is 0. The molecule has 0 radical (unpaired) electrons. The number of alkyl halides is 3. The number of hydrogen-bond donors (Lipinski definition) is 1. The van der Waals surface area contributed by atoms with Crippen molar-refractivity contribution >= 4 is 12.0 Å². The fourth-order valence-electron chi connectivity index (χ4n) is 5.74. The van der Waals surface area contributed by atoms with Gasteiger partial charge in [-0.15, -0.1) is 13.2 Å². The number of halogens is 3. The molecule has 39 heavy (non-hydrogen) atoms. The molecule has 1 N–H and O–H groups in total. The fourth-order valence-corrected chi connectivity index (χ4v) is 5.74. The topological polar surface area (TPSA) is 107 Å². The third kappa shape index (κ3) is 5.51. The van der Waals surface area contributed by atoms with E-state index in [4.69, 9.17) is 14.4 Å². The Hall–Kier alpha value is -3.80. The average Bonchev–Trinajstić information content (AvgIpc) is 3.59. The van der Waals surface area contributed by atoms with Gasteiger partial charge in [-0.05, 0) is 62.8 Å². The van der Waals surface area contributed by atoms with Crippen LogP contribution in [0.2, 0.25) is 0 Å². The minimum Gasteiger partial charge on any atom is -0.449 e. The maximum Gasteiger partial charge on any atom is 0.573 e. The lowest BCUT2D eigenvalue weighted by atomic mass is 9.99. The normalized spacial score (nSPS) is 22.6. The molecule has 2 aromatic heterocycles. The summed E-state index contributed by atoms with van der Waals surface area (Å²) in [4.78, 5) is 17.4. The summed E-state index contributed by atoms with van der Waals surface area (Å²) >= 11 is 0. The predicted octanol–water partition coefficient (Wildman–Crippen LogP) is 6.29. The van der Waals surface area contributed by atoms with Crippen LogP contribution >= 0.6 is 0 Å². The van der Waals surface area contributed by atoms with E-state index in [0.29, 0.717) is 17.0 Å². The smallest absolute Gasteiger partial charge is 0.449 e. The molecule has 6 rings (SSSR count). The zero-order valence-corrected chi connectivity index (χ0v) is 20.8. The Morgan fingerprint density at radius 3 is 2.46 bits per heavy atom. The van der Waals surface area contributed by atoms with Crippen LogP contribution in [0.1, 0.15) is 55.8 Å². The number of para-hydroxylation sites is 1. The first-order chi connectivity index (χ1) is 18.7. The molecule has 2 saturated heterocycles. The van der Waals surface area contributed by atoms with Gasteiger partial charge >= 0.3 is 12.5 Å². The molecule has 2 bridgehead atoms. The number of carbonyl (C=O) groups is 1. The monoisotopic (exact) mass is 545 g/mol. The molecule has 3 fully saturated rings. The van der Waals surface area contributed by atoms with Gasteiger partial charge in [-0.3, -0.25) is 0 Å². The number of benzene rings is 1. The largest absolute Gasteiger partial charge is 0.573 e. The Balaban J connectivity index is 1.17. The highest BCUT2D eigenvalue weighted by molar-refractivity contribution is 5.70. The molecule has 0 spiro atoms. The van der Waals surface area contributed by atoms with Crippen LogP contribution in [-0.4, -0.2) is 46.0 Å². The van der Waals surface area contributed by atoms with E-state index in [9.17, 15) is 18.0 Å². The van der Waals surface area contributed by atoms with Gasteiger partial charge in [0, 0.05) is 29.1 Å². The summed E-state index contributed by atoms with van der Waals surface area (Å²) < 4.78 is 60.1. The first-order valence-corrected chi connectivity index (χ1v) is 12.9. The standard InChI is InChI=1S/C27H26F3N3O6/c28-27(29,30)38-22-4-2-1-3-20(22)24-21(25(39-32-24)15-5-6-15)14-36-19-11-16-7-8-17(12-19)33(16)23-10-9-18(13-31-23)37-26(34)35/h1-4,9-10,13,15-17,19H,5-8,11-12,14H2,(H,34,35)/t16-,17+,19?. The van der Waals surface area contributed by atoms with Crippen LogP contribution in [0.25, 0.3) is 11.3 Å². The molecule has 1 saturated carbocycles. The summed E-state index contributed by atoms with van der Waals surface area (Å²) in [5.74, 6) is 1.45. The first-order valence-electron chi connectivity index (χ1n) is 12.9. The van der Waals surface area contributed by atoms with Crippen molar-refractivity contribution in [2.75, 3.05) is 4.90 Å². The minimum atomic E-state index is -4.83. The SMILES string of the molecule is O=C(O)Oc1ccc(N2[C@@H]3CC[C@H]2CC(OCc2c(-c4ccccc4OC(F)(F)F)noc2C2CC2)C3)nc1. The Kier molecular flexibility index (Phi) is 6.57. The molecule has 12 heteroatoms. The van der Waals surface area contributed by atoms with E-state index in [1.807, 2.05) is 0 Å². The minimum absolute atomic E-state index is 0.0511. The summed E-state index contributed by atoms with van der Waals surface area (Å²) in [6, 6.07) is 9.68. The van der Waals surface area contributed by atoms with Gasteiger partial charge in [-0.25, -0.2) is 9.78 Å². The first kappa shape index (κ1) is 25.5. The van der Waals surface area contributed by atoms with E-state index in [0.717, 1.165) is 44.3 Å². The molecule has 1 unspecified atom stereocenters. The number of fused-ring (bicyclic) bond motifs is 2. The second-order valence-electron chi connectivity index (χ2n) is 10.1. The predicted molar refractivity (Wildman–Crippen MR) is 131 cm³/mol.